The van der Waals surface area contributed by atoms with Crippen LogP contribution in [0.4, 0.5) is 0 Å². The van der Waals surface area contributed by atoms with Gasteiger partial charge in [-0.2, -0.15) is 0 Å². The molecule has 0 spiro atoms. The molecule has 0 heterocycles. The Kier molecular flexibility index (Phi) is 6.99. The van der Waals surface area contributed by atoms with Gasteiger partial charge in [-0.3, -0.25) is 0 Å². The first-order chi connectivity index (χ1) is 6.72. The molecular formula is C10H16N2O2. The number of benzene rings is 1. The molecule has 0 fully saturated rings. The van der Waals surface area contributed by atoms with Crippen LogP contribution < -0.4 is 11.1 Å². The van der Waals surface area contributed by atoms with Crippen LogP contribution in [0, 0.1) is 0 Å². The van der Waals surface area contributed by atoms with E-state index in [9.17, 15) is 0 Å². The minimum absolute atomic E-state index is 0.0764. The average molecular weight is 196 g/mol. The van der Waals surface area contributed by atoms with Gasteiger partial charge in [0.2, 0.25) is 0 Å². The summed E-state index contributed by atoms with van der Waals surface area (Å²) >= 11 is 0. The molecule has 14 heavy (non-hydrogen) atoms. The normalized spacial score (nSPS) is 8.36. The first-order valence-corrected chi connectivity index (χ1v) is 4.23. The minimum atomic E-state index is -0.0764. The predicted molar refractivity (Wildman–Crippen MR) is 57.0 cm³/mol. The second kappa shape index (κ2) is 7.94. The number of hydrogen-bond donors (Lipinski definition) is 4. The zero-order valence-corrected chi connectivity index (χ0v) is 7.98. The number of para-hydroxylation sites is 2. The lowest BCUT2D eigenvalue weighted by Gasteiger charge is -1.91. The Bertz CT molecular complexity index is 243. The third-order valence-electron chi connectivity index (χ3n) is 1.31. The van der Waals surface area contributed by atoms with Crippen LogP contribution >= 0.6 is 0 Å². The summed E-state index contributed by atoms with van der Waals surface area (Å²) in [6, 6.07) is 6.15. The lowest BCUT2D eigenvalue weighted by molar-refractivity contribution is 0.404. The summed E-state index contributed by atoms with van der Waals surface area (Å²) in [6.07, 6.45) is 1.63. The van der Waals surface area contributed by atoms with E-state index in [-0.39, 0.29) is 11.5 Å². The van der Waals surface area contributed by atoms with E-state index in [1.807, 2.05) is 0 Å². The molecule has 0 unspecified atom stereocenters. The molecular weight excluding hydrogens is 180 g/mol. The third-order valence-corrected chi connectivity index (χ3v) is 1.31. The van der Waals surface area contributed by atoms with Crippen LogP contribution in [0.3, 0.4) is 0 Å². The Labute approximate surface area is 83.7 Å². The van der Waals surface area contributed by atoms with E-state index in [0.717, 1.165) is 6.54 Å². The first kappa shape index (κ1) is 12.3. The molecule has 0 aliphatic heterocycles. The number of nitrogens with one attached hydrogen (secondary N) is 1. The summed E-state index contributed by atoms with van der Waals surface area (Å²) < 4.78 is 0. The zero-order chi connectivity index (χ0) is 10.8. The van der Waals surface area contributed by atoms with Crippen molar-refractivity contribution >= 4 is 0 Å². The molecule has 0 aliphatic carbocycles. The quantitative estimate of drug-likeness (QED) is 0.425. The van der Waals surface area contributed by atoms with Crippen LogP contribution in [-0.2, 0) is 0 Å². The molecule has 1 aromatic rings. The van der Waals surface area contributed by atoms with Crippen LogP contribution in [0.15, 0.2) is 37.0 Å². The van der Waals surface area contributed by atoms with E-state index < -0.39 is 0 Å². The third kappa shape index (κ3) is 5.91. The Hall–Kier alpha value is -1.68. The van der Waals surface area contributed by atoms with Crippen molar-refractivity contribution in [2.75, 3.05) is 13.1 Å². The Balaban J connectivity index is 0.000000255. The second-order valence-corrected chi connectivity index (χ2v) is 2.44. The molecule has 0 saturated heterocycles. The number of nitrogens with two attached hydrogens (primary N) is 1. The Morgan fingerprint density at radius 1 is 1.29 bits per heavy atom. The van der Waals surface area contributed by atoms with E-state index in [2.05, 4.69) is 11.9 Å². The van der Waals surface area contributed by atoms with Gasteiger partial charge in [0.05, 0.1) is 0 Å². The highest BCUT2D eigenvalue weighted by Crippen LogP contribution is 2.21. The van der Waals surface area contributed by atoms with E-state index in [1.165, 1.54) is 12.1 Å². The van der Waals surface area contributed by atoms with Crippen LogP contribution in [0.2, 0.25) is 0 Å². The number of phenols is 2. The molecule has 0 amide bonds. The summed E-state index contributed by atoms with van der Waals surface area (Å²) in [4.78, 5) is 0. The average Bonchev–Trinajstić information content (AvgIpc) is 2.20. The van der Waals surface area contributed by atoms with Crippen molar-refractivity contribution in [3.05, 3.63) is 37.0 Å². The maximum atomic E-state index is 8.67. The van der Waals surface area contributed by atoms with Gasteiger partial charge in [-0.05, 0) is 18.3 Å². The molecule has 0 aromatic heterocycles. The molecule has 4 nitrogen and oxygen atoms in total. The van der Waals surface area contributed by atoms with Gasteiger partial charge in [-0.15, -0.1) is 0 Å². The number of aromatic hydroxyl groups is 2. The largest absolute Gasteiger partial charge is 0.504 e. The van der Waals surface area contributed by atoms with E-state index in [1.54, 1.807) is 18.3 Å². The summed E-state index contributed by atoms with van der Waals surface area (Å²) in [7, 11) is 0. The molecule has 1 rings (SSSR count). The number of phenolic OH excluding ortho intramolecular Hbond substituents is 2. The molecule has 4 heteroatoms. The lowest BCUT2D eigenvalue weighted by atomic mass is 10.3. The molecule has 1 aromatic carbocycles. The molecule has 0 radical (unpaired) electrons. The van der Waals surface area contributed by atoms with E-state index in [0.29, 0.717) is 6.54 Å². The number of rotatable bonds is 3. The molecule has 5 N–H and O–H groups in total. The van der Waals surface area contributed by atoms with Crippen molar-refractivity contribution in [2.45, 2.75) is 0 Å². The highest BCUT2D eigenvalue weighted by Gasteiger charge is 1.90. The topological polar surface area (TPSA) is 78.5 Å². The molecule has 0 bridgehead atoms. The van der Waals surface area contributed by atoms with Gasteiger partial charge in [-0.1, -0.05) is 18.7 Å². The summed E-state index contributed by atoms with van der Waals surface area (Å²) in [5.41, 5.74) is 5.10. The van der Waals surface area contributed by atoms with Gasteiger partial charge in [0.15, 0.2) is 11.5 Å². The van der Waals surface area contributed by atoms with Gasteiger partial charge in [0.1, 0.15) is 0 Å². The van der Waals surface area contributed by atoms with E-state index in [4.69, 9.17) is 15.9 Å². The van der Waals surface area contributed by atoms with Crippen LogP contribution in [0.5, 0.6) is 11.5 Å². The molecule has 78 valence electrons. The zero-order valence-electron chi connectivity index (χ0n) is 7.98. The van der Waals surface area contributed by atoms with Crippen LogP contribution in [0.1, 0.15) is 0 Å². The molecule has 0 aliphatic rings. The summed E-state index contributed by atoms with van der Waals surface area (Å²) in [5.74, 6) is -0.153. The Morgan fingerprint density at radius 2 is 1.79 bits per heavy atom. The SMILES string of the molecule is C=CNCCN.Oc1ccccc1O. The maximum absolute atomic E-state index is 8.67. The van der Waals surface area contributed by atoms with Crippen molar-refractivity contribution in [3.63, 3.8) is 0 Å². The Morgan fingerprint density at radius 3 is 2.00 bits per heavy atom. The fourth-order valence-electron chi connectivity index (χ4n) is 0.650. The van der Waals surface area contributed by atoms with Gasteiger partial charge in [-0.25, -0.2) is 0 Å². The van der Waals surface area contributed by atoms with Crippen molar-refractivity contribution < 1.29 is 10.2 Å². The van der Waals surface area contributed by atoms with Crippen molar-refractivity contribution in [1.82, 2.24) is 5.32 Å². The monoisotopic (exact) mass is 196 g/mol. The standard InChI is InChI=1S/C6H6O2.C4H10N2/c7-5-3-1-2-4-6(5)8;1-2-6-4-3-5/h1-4,7-8H;2,6H,1,3-5H2. The van der Waals surface area contributed by atoms with Gasteiger partial charge in [0, 0.05) is 13.1 Å². The first-order valence-electron chi connectivity index (χ1n) is 4.23. The van der Waals surface area contributed by atoms with Gasteiger partial charge >= 0.3 is 0 Å². The lowest BCUT2D eigenvalue weighted by Crippen LogP contribution is -2.16. The maximum Gasteiger partial charge on any atom is 0.157 e. The number of hydrogen-bond acceptors (Lipinski definition) is 4. The van der Waals surface area contributed by atoms with E-state index >= 15 is 0 Å². The minimum Gasteiger partial charge on any atom is -0.504 e. The predicted octanol–water partition coefficient (Wildman–Crippen LogP) is 0.776. The molecule has 0 atom stereocenters. The fraction of sp³-hybridized carbons (Fsp3) is 0.200. The second-order valence-electron chi connectivity index (χ2n) is 2.44. The van der Waals surface area contributed by atoms with Crippen molar-refractivity contribution in [2.24, 2.45) is 5.73 Å². The van der Waals surface area contributed by atoms with Gasteiger partial charge < -0.3 is 21.3 Å². The van der Waals surface area contributed by atoms with Crippen LogP contribution in [0.25, 0.3) is 0 Å². The summed E-state index contributed by atoms with van der Waals surface area (Å²) in [5, 5.41) is 20.2. The summed E-state index contributed by atoms with van der Waals surface area (Å²) in [6.45, 7) is 4.93. The van der Waals surface area contributed by atoms with Gasteiger partial charge in [0.25, 0.3) is 0 Å². The van der Waals surface area contributed by atoms with Crippen LogP contribution in [-0.4, -0.2) is 23.3 Å². The molecule has 0 saturated carbocycles. The highest BCUT2D eigenvalue weighted by molar-refractivity contribution is 5.36. The van der Waals surface area contributed by atoms with Crippen molar-refractivity contribution in [3.8, 4) is 11.5 Å². The highest BCUT2D eigenvalue weighted by atomic mass is 16.3. The smallest absolute Gasteiger partial charge is 0.157 e. The van der Waals surface area contributed by atoms with Crippen molar-refractivity contribution in [1.29, 1.82) is 0 Å². The fourth-order valence-corrected chi connectivity index (χ4v) is 0.650.